The topological polar surface area (TPSA) is 37.8 Å². The van der Waals surface area contributed by atoms with Crippen molar-refractivity contribution in [2.45, 2.75) is 64.8 Å². The Morgan fingerprint density at radius 2 is 2.14 bits per heavy atom. The molecule has 1 N–H and O–H groups in total. The lowest BCUT2D eigenvalue weighted by atomic mass is 9.97. The predicted octanol–water partition coefficient (Wildman–Crippen LogP) is 4.75. The van der Waals surface area contributed by atoms with E-state index in [0.717, 1.165) is 42.3 Å². The third kappa shape index (κ3) is 2.61. The first-order valence-electron chi connectivity index (χ1n) is 7.92. The van der Waals surface area contributed by atoms with Gasteiger partial charge in [-0.05, 0) is 56.8 Å². The van der Waals surface area contributed by atoms with Crippen molar-refractivity contribution in [3.05, 3.63) is 25.6 Å². The van der Waals surface area contributed by atoms with E-state index >= 15 is 0 Å². The van der Waals surface area contributed by atoms with Crippen molar-refractivity contribution < 1.29 is 0 Å². The van der Waals surface area contributed by atoms with Gasteiger partial charge in [0.1, 0.15) is 4.83 Å². The summed E-state index contributed by atoms with van der Waals surface area (Å²) >= 11 is 7.18. The van der Waals surface area contributed by atoms with Gasteiger partial charge < -0.3 is 4.98 Å². The highest BCUT2D eigenvalue weighted by Gasteiger charge is 2.21. The molecule has 0 amide bonds. The molecule has 2 aromatic heterocycles. The van der Waals surface area contributed by atoms with Crippen LogP contribution in [0.15, 0.2) is 4.79 Å². The molecule has 3 nitrogen and oxygen atoms in total. The van der Waals surface area contributed by atoms with Crippen molar-refractivity contribution in [2.24, 2.45) is 0 Å². The Morgan fingerprint density at radius 3 is 2.90 bits per heavy atom. The highest BCUT2D eigenvalue weighted by molar-refractivity contribution is 7.71. The van der Waals surface area contributed by atoms with E-state index < -0.39 is 0 Å². The highest BCUT2D eigenvalue weighted by atomic mass is 32.1. The molecule has 0 saturated heterocycles. The quantitative estimate of drug-likeness (QED) is 0.825. The van der Waals surface area contributed by atoms with Crippen LogP contribution < -0.4 is 5.56 Å². The molecule has 2 heterocycles. The molecule has 0 aromatic carbocycles. The minimum Gasteiger partial charge on any atom is -0.323 e. The van der Waals surface area contributed by atoms with Crippen LogP contribution in [0, 0.1) is 4.77 Å². The van der Waals surface area contributed by atoms with Gasteiger partial charge in [0.25, 0.3) is 5.56 Å². The second-order valence-corrected chi connectivity index (χ2v) is 7.50. The normalized spacial score (nSPS) is 16.1. The number of hydrogen-bond donors (Lipinski definition) is 1. The zero-order valence-corrected chi connectivity index (χ0v) is 14.3. The first-order valence-corrected chi connectivity index (χ1v) is 9.15. The van der Waals surface area contributed by atoms with Crippen molar-refractivity contribution in [3.8, 4) is 0 Å². The van der Waals surface area contributed by atoms with Gasteiger partial charge in [-0.15, -0.1) is 11.3 Å². The number of thiophene rings is 1. The number of unbranched alkanes of at least 4 members (excludes halogenated alkanes) is 1. The molecule has 1 atom stereocenters. The van der Waals surface area contributed by atoms with Crippen LogP contribution in [-0.2, 0) is 12.8 Å². The number of H-pyrrole nitrogens is 1. The SMILES string of the molecule is CCCCC(C)n1c(=S)[nH]c2sc3c(c2c1=O)CCCC3. The van der Waals surface area contributed by atoms with E-state index in [4.69, 9.17) is 12.2 Å². The molecule has 3 rings (SSSR count). The van der Waals surface area contributed by atoms with Gasteiger partial charge in [-0.3, -0.25) is 9.36 Å². The zero-order chi connectivity index (χ0) is 15.0. The number of aromatic nitrogens is 2. The van der Waals surface area contributed by atoms with Crippen molar-refractivity contribution in [1.82, 2.24) is 9.55 Å². The van der Waals surface area contributed by atoms with Gasteiger partial charge in [-0.25, -0.2) is 0 Å². The lowest BCUT2D eigenvalue weighted by Crippen LogP contribution is -2.25. The largest absolute Gasteiger partial charge is 0.323 e. The Kier molecular flexibility index (Phi) is 4.31. The summed E-state index contributed by atoms with van der Waals surface area (Å²) < 4.78 is 2.38. The molecule has 5 heteroatoms. The van der Waals surface area contributed by atoms with Gasteiger partial charge in [-0.2, -0.15) is 0 Å². The number of hydrogen-bond acceptors (Lipinski definition) is 3. The van der Waals surface area contributed by atoms with E-state index in [-0.39, 0.29) is 11.6 Å². The first-order chi connectivity index (χ1) is 10.1. The van der Waals surface area contributed by atoms with Crippen molar-refractivity contribution in [1.29, 1.82) is 0 Å². The Hall–Kier alpha value is -0.940. The van der Waals surface area contributed by atoms with Crippen LogP contribution in [0.1, 0.15) is 62.4 Å². The number of nitrogens with one attached hydrogen (secondary N) is 1. The molecule has 0 spiro atoms. The molecule has 1 unspecified atom stereocenters. The minimum atomic E-state index is 0.122. The average Bonchev–Trinajstić information content (AvgIpc) is 2.83. The molecule has 0 radical (unpaired) electrons. The number of fused-ring (bicyclic) bond motifs is 3. The van der Waals surface area contributed by atoms with Gasteiger partial charge >= 0.3 is 0 Å². The Bertz CT molecular complexity index is 769. The lowest BCUT2D eigenvalue weighted by molar-refractivity contribution is 0.465. The summed E-state index contributed by atoms with van der Waals surface area (Å²) in [5.74, 6) is 0. The summed E-state index contributed by atoms with van der Waals surface area (Å²) in [7, 11) is 0. The standard InChI is InChI=1S/C16H22N2OS2/c1-3-4-7-10(2)18-15(19)13-11-8-5-6-9-12(11)21-14(13)17-16(18)20/h10H,3-9H2,1-2H3,(H,17,20). The van der Waals surface area contributed by atoms with Crippen LogP contribution in [0.5, 0.6) is 0 Å². The number of aryl methyl sites for hydroxylation is 2. The summed E-state index contributed by atoms with van der Waals surface area (Å²) in [6, 6.07) is 0.171. The second kappa shape index (κ2) is 6.05. The second-order valence-electron chi connectivity index (χ2n) is 6.01. The monoisotopic (exact) mass is 322 g/mol. The van der Waals surface area contributed by atoms with E-state index in [1.54, 1.807) is 15.9 Å². The summed E-state index contributed by atoms with van der Waals surface area (Å²) in [6.45, 7) is 4.28. The number of nitrogens with zero attached hydrogens (tertiary/aromatic N) is 1. The summed E-state index contributed by atoms with van der Waals surface area (Å²) in [6.07, 6.45) is 7.86. The van der Waals surface area contributed by atoms with Crippen LogP contribution in [0.25, 0.3) is 10.2 Å². The maximum atomic E-state index is 13.0. The Morgan fingerprint density at radius 1 is 1.38 bits per heavy atom. The maximum Gasteiger partial charge on any atom is 0.263 e. The van der Waals surface area contributed by atoms with E-state index in [2.05, 4.69) is 18.8 Å². The highest BCUT2D eigenvalue weighted by Crippen LogP contribution is 2.33. The van der Waals surface area contributed by atoms with Crippen molar-refractivity contribution in [3.63, 3.8) is 0 Å². The fourth-order valence-electron chi connectivity index (χ4n) is 3.28. The molecule has 114 valence electrons. The Balaban J connectivity index is 2.18. The molecule has 0 fully saturated rings. The van der Waals surface area contributed by atoms with Crippen LogP contribution >= 0.6 is 23.6 Å². The summed E-state index contributed by atoms with van der Waals surface area (Å²) in [4.78, 5) is 18.6. The summed E-state index contributed by atoms with van der Waals surface area (Å²) in [5.41, 5.74) is 1.41. The first kappa shape index (κ1) is 15.0. The fraction of sp³-hybridized carbons (Fsp3) is 0.625. The molecule has 0 aliphatic heterocycles. The number of aromatic amines is 1. The fourth-order valence-corrected chi connectivity index (χ4v) is 4.99. The molecule has 0 saturated carbocycles. The van der Waals surface area contributed by atoms with Gasteiger partial charge in [0, 0.05) is 10.9 Å². The van der Waals surface area contributed by atoms with Crippen molar-refractivity contribution in [2.75, 3.05) is 0 Å². The van der Waals surface area contributed by atoms with Crippen molar-refractivity contribution >= 4 is 33.8 Å². The van der Waals surface area contributed by atoms with Crippen LogP contribution in [0.3, 0.4) is 0 Å². The molecule has 1 aliphatic rings. The predicted molar refractivity (Wildman–Crippen MR) is 92.1 cm³/mol. The van der Waals surface area contributed by atoms with Crippen LogP contribution in [-0.4, -0.2) is 9.55 Å². The smallest absolute Gasteiger partial charge is 0.263 e. The third-order valence-electron chi connectivity index (χ3n) is 4.46. The van der Waals surface area contributed by atoms with Crippen LogP contribution in [0.4, 0.5) is 0 Å². The van der Waals surface area contributed by atoms with E-state index in [1.807, 2.05) is 0 Å². The van der Waals surface area contributed by atoms with Gasteiger partial charge in [0.15, 0.2) is 4.77 Å². The molecule has 2 aromatic rings. The molecule has 21 heavy (non-hydrogen) atoms. The molecule has 1 aliphatic carbocycles. The van der Waals surface area contributed by atoms with Gasteiger partial charge in [0.2, 0.25) is 0 Å². The maximum absolute atomic E-state index is 13.0. The third-order valence-corrected chi connectivity index (χ3v) is 5.97. The Labute approximate surface area is 134 Å². The minimum absolute atomic E-state index is 0.122. The zero-order valence-electron chi connectivity index (χ0n) is 12.7. The molecular weight excluding hydrogens is 300 g/mol. The summed E-state index contributed by atoms with van der Waals surface area (Å²) in [5, 5.41) is 0.909. The number of rotatable bonds is 4. The average molecular weight is 322 g/mol. The molecule has 0 bridgehead atoms. The van der Waals surface area contributed by atoms with E-state index in [9.17, 15) is 4.79 Å². The van der Waals surface area contributed by atoms with Gasteiger partial charge in [-0.1, -0.05) is 19.8 Å². The lowest BCUT2D eigenvalue weighted by Gasteiger charge is -2.15. The van der Waals surface area contributed by atoms with E-state index in [1.165, 1.54) is 23.3 Å². The van der Waals surface area contributed by atoms with Gasteiger partial charge in [0.05, 0.1) is 5.39 Å². The van der Waals surface area contributed by atoms with Crippen LogP contribution in [0.2, 0.25) is 0 Å². The molecular formula is C16H22N2OS2. The van der Waals surface area contributed by atoms with E-state index in [0.29, 0.717) is 4.77 Å².